The first kappa shape index (κ1) is 27.3. The molecule has 2 atom stereocenters. The van der Waals surface area contributed by atoms with Crippen molar-refractivity contribution in [2.75, 3.05) is 6.54 Å². The second kappa shape index (κ2) is 12.6. The number of phenolic OH excluding ortho intramolecular Hbond substituents is 1. The molecule has 5 nitrogen and oxygen atoms in total. The van der Waals surface area contributed by atoms with Gasteiger partial charge in [0, 0.05) is 26.1 Å². The number of carbonyl (C=O) groups excluding carboxylic acids is 1. The van der Waals surface area contributed by atoms with E-state index in [1.54, 1.807) is 18.2 Å². The normalized spacial score (nSPS) is 13.0. The van der Waals surface area contributed by atoms with Crippen LogP contribution >= 0.6 is 0 Å². The van der Waals surface area contributed by atoms with Crippen LogP contribution in [0.5, 0.6) is 5.75 Å². The lowest BCUT2D eigenvalue weighted by Gasteiger charge is -2.24. The van der Waals surface area contributed by atoms with Gasteiger partial charge in [0.15, 0.2) is 0 Å². The molecular weight excluding hydrogens is 462 g/mol. The van der Waals surface area contributed by atoms with Crippen molar-refractivity contribution in [2.45, 2.75) is 52.3 Å². The number of amides is 1. The highest BCUT2D eigenvalue weighted by Crippen LogP contribution is 2.28. The number of phenols is 1. The minimum Gasteiger partial charge on any atom is -0.508 e. The van der Waals surface area contributed by atoms with Gasteiger partial charge in [-0.2, -0.15) is 0 Å². The molecule has 0 heterocycles. The Morgan fingerprint density at radius 3 is 2.31 bits per heavy atom. The number of carbonyl (C=O) groups is 1. The zero-order valence-corrected chi connectivity index (χ0v) is 20.9. The molecule has 7 heteroatoms. The van der Waals surface area contributed by atoms with Gasteiger partial charge in [0.25, 0.3) is 0 Å². The van der Waals surface area contributed by atoms with Gasteiger partial charge in [0.05, 0.1) is 12.1 Å². The van der Waals surface area contributed by atoms with Crippen molar-refractivity contribution in [1.82, 2.24) is 10.6 Å². The third-order valence-electron chi connectivity index (χ3n) is 5.87. The minimum absolute atomic E-state index is 0.0789. The average molecular weight is 497 g/mol. The molecule has 3 aromatic rings. The van der Waals surface area contributed by atoms with Crippen molar-refractivity contribution < 1.29 is 23.8 Å². The fourth-order valence-corrected chi connectivity index (χ4v) is 4.37. The molecule has 192 valence electrons. The molecule has 0 saturated carbocycles. The molecule has 0 aliphatic heterocycles. The molecule has 0 unspecified atom stereocenters. The van der Waals surface area contributed by atoms with Crippen LogP contribution in [0.2, 0.25) is 0 Å². The molecule has 36 heavy (non-hydrogen) atoms. The van der Waals surface area contributed by atoms with Gasteiger partial charge in [-0.25, -0.2) is 8.78 Å². The predicted octanol–water partition coefficient (Wildman–Crippen LogP) is 4.73. The van der Waals surface area contributed by atoms with Gasteiger partial charge in [-0.1, -0.05) is 44.2 Å². The maximum absolute atomic E-state index is 13.6. The van der Waals surface area contributed by atoms with Crippen LogP contribution in [0.25, 0.3) is 11.1 Å². The smallest absolute Gasteiger partial charge is 0.217 e. The Balaban J connectivity index is 1.75. The number of benzene rings is 3. The van der Waals surface area contributed by atoms with Crippen LogP contribution in [-0.4, -0.2) is 34.8 Å². The van der Waals surface area contributed by atoms with E-state index in [1.165, 1.54) is 24.6 Å². The molecule has 3 rings (SSSR count). The Bertz CT molecular complexity index is 1160. The summed E-state index contributed by atoms with van der Waals surface area (Å²) in [5.41, 5.74) is 4.39. The summed E-state index contributed by atoms with van der Waals surface area (Å²) in [4.78, 5) is 11.7. The minimum atomic E-state index is -0.997. The van der Waals surface area contributed by atoms with E-state index in [0.29, 0.717) is 18.0 Å². The summed E-state index contributed by atoms with van der Waals surface area (Å²) in [6, 6.07) is 15.8. The van der Waals surface area contributed by atoms with Crippen LogP contribution in [0.4, 0.5) is 8.78 Å². The molecular formula is C29H34F2N2O3. The number of hydrogen-bond acceptors (Lipinski definition) is 4. The first-order chi connectivity index (χ1) is 17.1. The molecule has 0 bridgehead atoms. The summed E-state index contributed by atoms with van der Waals surface area (Å²) < 4.78 is 27.3. The lowest BCUT2D eigenvalue weighted by atomic mass is 9.94. The van der Waals surface area contributed by atoms with Gasteiger partial charge in [-0.15, -0.1) is 0 Å². The number of aliphatic hydroxyl groups excluding tert-OH is 1. The fraction of sp³-hybridized carbons (Fsp3) is 0.345. The highest BCUT2D eigenvalue weighted by Gasteiger charge is 2.21. The number of rotatable bonds is 11. The van der Waals surface area contributed by atoms with Gasteiger partial charge >= 0.3 is 0 Å². The Kier molecular flexibility index (Phi) is 9.56. The first-order valence-corrected chi connectivity index (χ1v) is 12.1. The summed E-state index contributed by atoms with van der Waals surface area (Å²) in [5.74, 6) is -1.09. The largest absolute Gasteiger partial charge is 0.508 e. The third-order valence-corrected chi connectivity index (χ3v) is 5.87. The molecule has 3 aromatic carbocycles. The highest BCUT2D eigenvalue weighted by atomic mass is 19.1. The van der Waals surface area contributed by atoms with Crippen LogP contribution in [0.1, 0.15) is 37.5 Å². The topological polar surface area (TPSA) is 81.6 Å². The average Bonchev–Trinajstić information content (AvgIpc) is 2.77. The van der Waals surface area contributed by atoms with E-state index in [1.807, 2.05) is 12.1 Å². The Morgan fingerprint density at radius 2 is 1.67 bits per heavy atom. The van der Waals surface area contributed by atoms with Gasteiger partial charge in [-0.05, 0) is 70.8 Å². The standard InChI is InChI=1S/C29H34F2N2O3/c1-18(2)9-20-7-8-27(22-5-4-6-26(35)14-22)23(10-20)16-32-17-29(36)28(33-19(3)34)13-21-11-24(30)15-25(31)12-21/h4-8,10-12,14-15,18,28-29,32,35-36H,9,13,16-17H2,1-3H3,(H,33,34)/t28-,29+/m0/s1. The van der Waals surface area contributed by atoms with Crippen molar-refractivity contribution in [3.63, 3.8) is 0 Å². The van der Waals surface area contributed by atoms with E-state index in [2.05, 4.69) is 36.6 Å². The number of aromatic hydroxyl groups is 1. The molecule has 0 aromatic heterocycles. The van der Waals surface area contributed by atoms with Gasteiger partial charge in [0.2, 0.25) is 5.91 Å². The Hall–Kier alpha value is -3.29. The molecule has 0 saturated heterocycles. The highest BCUT2D eigenvalue weighted by molar-refractivity contribution is 5.73. The summed E-state index contributed by atoms with van der Waals surface area (Å²) in [6.45, 7) is 6.24. The third kappa shape index (κ3) is 8.14. The van der Waals surface area contributed by atoms with Crippen LogP contribution in [-0.2, 0) is 24.2 Å². The van der Waals surface area contributed by atoms with Gasteiger partial charge in [-0.3, -0.25) is 4.79 Å². The summed E-state index contributed by atoms with van der Waals surface area (Å²) in [7, 11) is 0. The second-order valence-electron chi connectivity index (χ2n) is 9.63. The first-order valence-electron chi connectivity index (χ1n) is 12.1. The van der Waals surface area contributed by atoms with Crippen molar-refractivity contribution in [2.24, 2.45) is 5.92 Å². The van der Waals surface area contributed by atoms with E-state index < -0.39 is 23.8 Å². The van der Waals surface area contributed by atoms with E-state index in [-0.39, 0.29) is 24.6 Å². The summed E-state index contributed by atoms with van der Waals surface area (Å²) in [6.07, 6.45) is 0.00332. The second-order valence-corrected chi connectivity index (χ2v) is 9.63. The molecule has 0 aliphatic rings. The number of aliphatic hydroxyl groups is 1. The molecule has 0 spiro atoms. The Labute approximate surface area is 211 Å². The zero-order chi connectivity index (χ0) is 26.2. The summed E-state index contributed by atoms with van der Waals surface area (Å²) in [5, 5.41) is 26.7. The van der Waals surface area contributed by atoms with Crippen LogP contribution in [0.15, 0.2) is 60.7 Å². The van der Waals surface area contributed by atoms with Crippen molar-refractivity contribution in [3.8, 4) is 16.9 Å². The van der Waals surface area contributed by atoms with Crippen LogP contribution in [0.3, 0.4) is 0 Å². The monoisotopic (exact) mass is 496 g/mol. The maximum Gasteiger partial charge on any atom is 0.217 e. The number of nitrogens with one attached hydrogen (secondary N) is 2. The molecule has 4 N–H and O–H groups in total. The van der Waals surface area contributed by atoms with E-state index in [9.17, 15) is 23.8 Å². The van der Waals surface area contributed by atoms with Crippen molar-refractivity contribution >= 4 is 5.91 Å². The van der Waals surface area contributed by atoms with E-state index >= 15 is 0 Å². The number of hydrogen-bond donors (Lipinski definition) is 4. The molecule has 1 amide bonds. The molecule has 0 aliphatic carbocycles. The predicted molar refractivity (Wildman–Crippen MR) is 137 cm³/mol. The van der Waals surface area contributed by atoms with Gasteiger partial charge < -0.3 is 20.8 Å². The lowest BCUT2D eigenvalue weighted by Crippen LogP contribution is -2.48. The van der Waals surface area contributed by atoms with Crippen molar-refractivity contribution in [1.29, 1.82) is 0 Å². The van der Waals surface area contributed by atoms with Crippen LogP contribution in [0, 0.1) is 17.6 Å². The molecule has 0 radical (unpaired) electrons. The van der Waals surface area contributed by atoms with Crippen molar-refractivity contribution in [3.05, 3.63) is 89.0 Å². The van der Waals surface area contributed by atoms with E-state index in [0.717, 1.165) is 29.2 Å². The molecule has 0 fully saturated rings. The summed E-state index contributed by atoms with van der Waals surface area (Å²) >= 11 is 0. The zero-order valence-electron chi connectivity index (χ0n) is 20.9. The Morgan fingerprint density at radius 1 is 0.944 bits per heavy atom. The maximum atomic E-state index is 13.6. The lowest BCUT2D eigenvalue weighted by molar-refractivity contribution is -0.120. The van der Waals surface area contributed by atoms with E-state index in [4.69, 9.17) is 0 Å². The fourth-order valence-electron chi connectivity index (χ4n) is 4.37. The SMILES string of the molecule is CC(=O)N[C@@H](Cc1cc(F)cc(F)c1)[C@H](O)CNCc1cc(CC(C)C)ccc1-c1cccc(O)c1. The van der Waals surface area contributed by atoms with Crippen LogP contribution < -0.4 is 10.6 Å². The quantitative estimate of drug-likeness (QED) is 0.309. The number of halogens is 2. The van der Waals surface area contributed by atoms with Gasteiger partial charge in [0.1, 0.15) is 17.4 Å².